The molecule has 0 spiro atoms. The van der Waals surface area contributed by atoms with Crippen LogP contribution in [0.5, 0.6) is 11.5 Å². The first-order valence-corrected chi connectivity index (χ1v) is 8.63. The highest BCUT2D eigenvalue weighted by Crippen LogP contribution is 2.53. The van der Waals surface area contributed by atoms with E-state index in [9.17, 15) is 0 Å². The van der Waals surface area contributed by atoms with Gasteiger partial charge in [0.05, 0.1) is 14.2 Å². The van der Waals surface area contributed by atoms with Crippen LogP contribution < -0.4 is 9.47 Å². The number of unbranched alkanes of at least 4 members (excludes halogenated alkanes) is 2. The Kier molecular flexibility index (Phi) is 5.92. The van der Waals surface area contributed by atoms with Crippen molar-refractivity contribution in [3.05, 3.63) is 47.6 Å². The molecule has 0 heterocycles. The van der Waals surface area contributed by atoms with Crippen LogP contribution in [0.15, 0.2) is 42.0 Å². The van der Waals surface area contributed by atoms with Crippen molar-refractivity contribution in [3.63, 3.8) is 0 Å². The second-order valence-electron chi connectivity index (χ2n) is 6.66. The Balaban J connectivity index is 2.39. The van der Waals surface area contributed by atoms with E-state index < -0.39 is 0 Å². The Bertz CT molecular complexity index is 586. The molecule has 0 amide bonds. The lowest BCUT2D eigenvalue weighted by Gasteiger charge is -2.46. The SMILES string of the molecule is C=C(C)C[C@]1(c2ccc(OC)c(OC)c2)CC/C1=C/CCCC. The number of hydrogen-bond acceptors (Lipinski definition) is 2. The molecule has 0 bridgehead atoms. The van der Waals surface area contributed by atoms with Gasteiger partial charge in [-0.05, 0) is 50.3 Å². The molecule has 126 valence electrons. The highest BCUT2D eigenvalue weighted by atomic mass is 16.5. The van der Waals surface area contributed by atoms with Crippen LogP contribution in [0, 0.1) is 0 Å². The van der Waals surface area contributed by atoms with Gasteiger partial charge in [0.25, 0.3) is 0 Å². The topological polar surface area (TPSA) is 18.5 Å². The number of ether oxygens (including phenoxy) is 2. The van der Waals surface area contributed by atoms with E-state index in [1.54, 1.807) is 19.8 Å². The Hall–Kier alpha value is -1.70. The summed E-state index contributed by atoms with van der Waals surface area (Å²) in [4.78, 5) is 0. The maximum atomic E-state index is 5.51. The van der Waals surface area contributed by atoms with Crippen molar-refractivity contribution in [2.45, 2.75) is 57.8 Å². The van der Waals surface area contributed by atoms with Crippen molar-refractivity contribution in [3.8, 4) is 11.5 Å². The molecule has 1 aliphatic rings. The Morgan fingerprint density at radius 2 is 2.00 bits per heavy atom. The fourth-order valence-corrected chi connectivity index (χ4v) is 3.63. The molecule has 1 aromatic rings. The smallest absolute Gasteiger partial charge is 0.161 e. The quantitative estimate of drug-likeness (QED) is 0.445. The monoisotopic (exact) mass is 314 g/mol. The molecule has 0 radical (unpaired) electrons. The lowest BCUT2D eigenvalue weighted by molar-refractivity contribution is 0.338. The molecule has 0 unspecified atom stereocenters. The van der Waals surface area contributed by atoms with Gasteiger partial charge in [-0.15, -0.1) is 6.58 Å². The van der Waals surface area contributed by atoms with Gasteiger partial charge in [0.2, 0.25) is 0 Å². The molecule has 2 nitrogen and oxygen atoms in total. The van der Waals surface area contributed by atoms with Crippen molar-refractivity contribution in [2.24, 2.45) is 0 Å². The molecule has 1 aromatic carbocycles. The van der Waals surface area contributed by atoms with Gasteiger partial charge in [-0.1, -0.05) is 43.1 Å². The summed E-state index contributed by atoms with van der Waals surface area (Å²) in [5.41, 5.74) is 4.24. The molecule has 1 atom stereocenters. The van der Waals surface area contributed by atoms with E-state index in [1.807, 2.05) is 6.07 Å². The van der Waals surface area contributed by atoms with Crippen molar-refractivity contribution in [1.82, 2.24) is 0 Å². The average molecular weight is 314 g/mol. The van der Waals surface area contributed by atoms with Crippen LogP contribution in [-0.2, 0) is 5.41 Å². The molecule has 23 heavy (non-hydrogen) atoms. The third kappa shape index (κ3) is 3.63. The number of hydrogen-bond donors (Lipinski definition) is 0. The summed E-state index contributed by atoms with van der Waals surface area (Å²) in [6.45, 7) is 8.55. The highest BCUT2D eigenvalue weighted by molar-refractivity contribution is 5.51. The molecule has 1 aliphatic carbocycles. The first-order valence-electron chi connectivity index (χ1n) is 8.63. The maximum absolute atomic E-state index is 5.51. The van der Waals surface area contributed by atoms with Crippen molar-refractivity contribution in [1.29, 1.82) is 0 Å². The van der Waals surface area contributed by atoms with Gasteiger partial charge in [-0.25, -0.2) is 0 Å². The van der Waals surface area contributed by atoms with Gasteiger partial charge in [0, 0.05) is 5.41 Å². The summed E-state index contributed by atoms with van der Waals surface area (Å²) in [5, 5.41) is 0. The minimum absolute atomic E-state index is 0.110. The largest absolute Gasteiger partial charge is 0.493 e. The Morgan fingerprint density at radius 3 is 2.52 bits per heavy atom. The van der Waals surface area contributed by atoms with Gasteiger partial charge in [-0.3, -0.25) is 0 Å². The van der Waals surface area contributed by atoms with Gasteiger partial charge in [-0.2, -0.15) is 0 Å². The van der Waals surface area contributed by atoms with Crippen LogP contribution in [0.1, 0.15) is 57.9 Å². The zero-order valence-electron chi connectivity index (χ0n) is 15.1. The van der Waals surface area contributed by atoms with Crippen LogP contribution >= 0.6 is 0 Å². The predicted molar refractivity (Wildman–Crippen MR) is 97.5 cm³/mol. The van der Waals surface area contributed by atoms with Gasteiger partial charge in [0.1, 0.15) is 0 Å². The standard InChI is InChI=1S/C21H30O2/c1-6-7-8-9-17-12-13-21(17,15-16(2)3)18-10-11-19(22-4)20(14-18)23-5/h9-11,14H,2,6-8,12-13,15H2,1,3-5H3/b17-9-/t21-/m1/s1. The second kappa shape index (κ2) is 7.72. The summed E-state index contributed by atoms with van der Waals surface area (Å²) < 4.78 is 10.9. The number of methoxy groups -OCH3 is 2. The molecule has 1 fully saturated rings. The van der Waals surface area contributed by atoms with Crippen LogP contribution in [0.25, 0.3) is 0 Å². The van der Waals surface area contributed by atoms with Gasteiger partial charge in [0.15, 0.2) is 11.5 Å². The molecule has 0 N–H and O–H groups in total. The molecule has 0 saturated heterocycles. The highest BCUT2D eigenvalue weighted by Gasteiger charge is 2.43. The van der Waals surface area contributed by atoms with Crippen LogP contribution in [-0.4, -0.2) is 14.2 Å². The average Bonchev–Trinajstić information content (AvgIpc) is 2.54. The third-order valence-corrected chi connectivity index (χ3v) is 4.92. The molecule has 2 rings (SSSR count). The molecule has 1 saturated carbocycles. The van der Waals surface area contributed by atoms with Crippen LogP contribution in [0.3, 0.4) is 0 Å². The van der Waals surface area contributed by atoms with E-state index in [0.717, 1.165) is 17.9 Å². The molecule has 0 aromatic heterocycles. The molecule has 2 heteroatoms. The summed E-state index contributed by atoms with van der Waals surface area (Å²) >= 11 is 0. The number of rotatable bonds is 8. The van der Waals surface area contributed by atoms with Crippen molar-refractivity contribution < 1.29 is 9.47 Å². The summed E-state index contributed by atoms with van der Waals surface area (Å²) in [5.74, 6) is 1.60. The van der Waals surface area contributed by atoms with E-state index >= 15 is 0 Å². The van der Waals surface area contributed by atoms with E-state index in [1.165, 1.54) is 43.2 Å². The molecular formula is C21H30O2. The van der Waals surface area contributed by atoms with E-state index in [2.05, 4.69) is 38.6 Å². The number of benzene rings is 1. The lowest BCUT2D eigenvalue weighted by Crippen LogP contribution is -2.37. The zero-order valence-corrected chi connectivity index (χ0v) is 15.1. The maximum Gasteiger partial charge on any atom is 0.161 e. The molecule has 0 aliphatic heterocycles. The fraction of sp³-hybridized carbons (Fsp3) is 0.524. The minimum Gasteiger partial charge on any atom is -0.493 e. The van der Waals surface area contributed by atoms with E-state index in [4.69, 9.17) is 9.47 Å². The Labute approximate surface area is 141 Å². The number of allylic oxidation sites excluding steroid dienone is 3. The van der Waals surface area contributed by atoms with Crippen LogP contribution in [0.4, 0.5) is 0 Å². The second-order valence-corrected chi connectivity index (χ2v) is 6.66. The fourth-order valence-electron chi connectivity index (χ4n) is 3.63. The predicted octanol–water partition coefficient (Wildman–Crippen LogP) is 5.82. The van der Waals surface area contributed by atoms with Gasteiger partial charge < -0.3 is 9.47 Å². The van der Waals surface area contributed by atoms with E-state index in [0.29, 0.717) is 0 Å². The first kappa shape index (κ1) is 17.7. The van der Waals surface area contributed by atoms with E-state index in [-0.39, 0.29) is 5.41 Å². The minimum atomic E-state index is 0.110. The Morgan fingerprint density at radius 1 is 1.26 bits per heavy atom. The van der Waals surface area contributed by atoms with Gasteiger partial charge >= 0.3 is 0 Å². The first-order chi connectivity index (χ1) is 11.1. The molecular weight excluding hydrogens is 284 g/mol. The lowest BCUT2D eigenvalue weighted by atomic mass is 9.57. The summed E-state index contributed by atoms with van der Waals surface area (Å²) in [6.07, 6.45) is 9.55. The zero-order chi connectivity index (χ0) is 16.9. The third-order valence-electron chi connectivity index (χ3n) is 4.92. The normalized spacial score (nSPS) is 21.8. The van der Waals surface area contributed by atoms with Crippen molar-refractivity contribution >= 4 is 0 Å². The summed E-state index contributed by atoms with van der Waals surface area (Å²) in [6, 6.07) is 6.36. The summed E-state index contributed by atoms with van der Waals surface area (Å²) in [7, 11) is 3.38. The van der Waals surface area contributed by atoms with Crippen LogP contribution in [0.2, 0.25) is 0 Å². The van der Waals surface area contributed by atoms with Crippen molar-refractivity contribution in [2.75, 3.05) is 14.2 Å².